The van der Waals surface area contributed by atoms with Gasteiger partial charge in [-0.15, -0.1) is 0 Å². The van der Waals surface area contributed by atoms with Crippen molar-refractivity contribution in [3.8, 4) is 17.1 Å². The van der Waals surface area contributed by atoms with E-state index in [1.54, 1.807) is 10.9 Å². The summed E-state index contributed by atoms with van der Waals surface area (Å²) in [6.45, 7) is 0. The van der Waals surface area contributed by atoms with Crippen molar-refractivity contribution < 1.29 is 0 Å². The van der Waals surface area contributed by atoms with E-state index in [4.69, 9.17) is 0 Å². The number of nitrogens with zero attached hydrogens (tertiary/aromatic N) is 4. The molecule has 0 aromatic carbocycles. The third kappa shape index (κ3) is 1.73. The molecule has 3 rings (SSSR count). The maximum absolute atomic E-state index is 4.47. The fourth-order valence-electron chi connectivity index (χ4n) is 1.85. The van der Waals surface area contributed by atoms with Crippen LogP contribution >= 0.6 is 0 Å². The lowest BCUT2D eigenvalue weighted by molar-refractivity contribution is 0.752. The monoisotopic (exact) mass is 224 g/mol. The van der Waals surface area contributed by atoms with Gasteiger partial charge in [-0.3, -0.25) is 9.67 Å². The molecule has 0 bridgehead atoms. The molecule has 0 amide bonds. The maximum Gasteiger partial charge on any atom is 0.168 e. The molecule has 0 aliphatic rings. The Kier molecular flexibility index (Phi) is 2.26. The Morgan fingerprint density at radius 2 is 1.88 bits per heavy atom. The van der Waals surface area contributed by atoms with E-state index in [1.807, 2.05) is 60.5 Å². The molecule has 0 unspecified atom stereocenters. The molecule has 0 atom stereocenters. The summed E-state index contributed by atoms with van der Waals surface area (Å²) in [5, 5.41) is 4.47. The first-order valence-electron chi connectivity index (χ1n) is 5.43. The van der Waals surface area contributed by atoms with Crippen LogP contribution in [-0.4, -0.2) is 19.3 Å². The van der Waals surface area contributed by atoms with E-state index >= 15 is 0 Å². The minimum absolute atomic E-state index is 0.899. The van der Waals surface area contributed by atoms with E-state index in [2.05, 4.69) is 10.1 Å². The predicted molar refractivity (Wildman–Crippen MR) is 65.8 cm³/mol. The predicted octanol–water partition coefficient (Wildman–Crippen LogP) is 2.27. The van der Waals surface area contributed by atoms with Crippen LogP contribution in [0.15, 0.2) is 55.1 Å². The van der Waals surface area contributed by atoms with Crippen molar-refractivity contribution in [3.05, 3.63) is 55.1 Å². The molecule has 4 nitrogen and oxygen atoms in total. The average molecular weight is 224 g/mol. The van der Waals surface area contributed by atoms with Crippen molar-refractivity contribution in [2.45, 2.75) is 0 Å². The lowest BCUT2D eigenvalue weighted by Crippen LogP contribution is -1.95. The zero-order valence-electron chi connectivity index (χ0n) is 9.49. The van der Waals surface area contributed by atoms with E-state index in [9.17, 15) is 0 Å². The van der Waals surface area contributed by atoms with Gasteiger partial charge in [-0.05, 0) is 24.3 Å². The molecule has 0 saturated heterocycles. The Balaban J connectivity index is 2.18. The zero-order valence-corrected chi connectivity index (χ0v) is 9.49. The number of hydrogen-bond donors (Lipinski definition) is 0. The van der Waals surface area contributed by atoms with E-state index in [1.165, 1.54) is 0 Å². The number of aryl methyl sites for hydroxylation is 1. The van der Waals surface area contributed by atoms with Crippen LogP contribution in [0.1, 0.15) is 0 Å². The highest BCUT2D eigenvalue weighted by Crippen LogP contribution is 2.23. The van der Waals surface area contributed by atoms with Crippen molar-refractivity contribution in [2.75, 3.05) is 0 Å². The lowest BCUT2D eigenvalue weighted by Gasteiger charge is -2.01. The standard InChI is InChI=1S/C13H12N4/c1-16-10-11(12-6-2-3-7-14-12)13(15-16)17-8-4-5-9-17/h2-10H,1H3. The summed E-state index contributed by atoms with van der Waals surface area (Å²) in [6.07, 6.45) is 7.74. The second-order valence-electron chi connectivity index (χ2n) is 3.85. The molecule has 3 heterocycles. The molecule has 0 saturated carbocycles. The van der Waals surface area contributed by atoms with Gasteiger partial charge in [0.25, 0.3) is 0 Å². The summed E-state index contributed by atoms with van der Waals surface area (Å²) in [4.78, 5) is 4.37. The van der Waals surface area contributed by atoms with Crippen molar-refractivity contribution in [3.63, 3.8) is 0 Å². The van der Waals surface area contributed by atoms with Crippen molar-refractivity contribution in [1.29, 1.82) is 0 Å². The quantitative estimate of drug-likeness (QED) is 0.669. The first-order valence-corrected chi connectivity index (χ1v) is 5.43. The highest BCUT2D eigenvalue weighted by atomic mass is 15.3. The molecule has 84 valence electrons. The molecular formula is C13H12N4. The molecule has 3 aromatic rings. The van der Waals surface area contributed by atoms with E-state index < -0.39 is 0 Å². The van der Waals surface area contributed by atoms with E-state index in [0.717, 1.165) is 17.1 Å². The molecule has 0 aliphatic heterocycles. The first-order chi connectivity index (χ1) is 8.34. The van der Waals surface area contributed by atoms with Gasteiger partial charge >= 0.3 is 0 Å². The SMILES string of the molecule is Cn1cc(-c2ccccn2)c(-n2cccc2)n1. The van der Waals surface area contributed by atoms with Gasteiger partial charge in [-0.1, -0.05) is 6.07 Å². The normalized spacial score (nSPS) is 10.6. The van der Waals surface area contributed by atoms with Gasteiger partial charge in [0.15, 0.2) is 5.82 Å². The number of aromatic nitrogens is 4. The Labute approximate surface area is 99.2 Å². The summed E-state index contributed by atoms with van der Waals surface area (Å²) in [6, 6.07) is 9.85. The van der Waals surface area contributed by atoms with Crippen LogP contribution in [0.25, 0.3) is 17.1 Å². The molecule has 0 radical (unpaired) electrons. The Hall–Kier alpha value is -2.36. The van der Waals surface area contributed by atoms with Gasteiger partial charge in [-0.2, -0.15) is 5.10 Å². The Morgan fingerprint density at radius 1 is 1.06 bits per heavy atom. The van der Waals surface area contributed by atoms with Gasteiger partial charge in [-0.25, -0.2) is 0 Å². The second-order valence-corrected chi connectivity index (χ2v) is 3.85. The Bertz CT molecular complexity index is 608. The Morgan fingerprint density at radius 3 is 2.59 bits per heavy atom. The van der Waals surface area contributed by atoms with Crippen molar-refractivity contribution in [1.82, 2.24) is 19.3 Å². The largest absolute Gasteiger partial charge is 0.307 e. The molecule has 0 N–H and O–H groups in total. The summed E-state index contributed by atoms with van der Waals surface area (Å²) >= 11 is 0. The van der Waals surface area contributed by atoms with Crippen LogP contribution in [-0.2, 0) is 7.05 Å². The van der Waals surface area contributed by atoms with E-state index in [-0.39, 0.29) is 0 Å². The molecule has 17 heavy (non-hydrogen) atoms. The van der Waals surface area contributed by atoms with Crippen molar-refractivity contribution >= 4 is 0 Å². The topological polar surface area (TPSA) is 35.6 Å². The summed E-state index contributed by atoms with van der Waals surface area (Å²) in [5.74, 6) is 0.899. The third-order valence-corrected chi connectivity index (χ3v) is 2.60. The summed E-state index contributed by atoms with van der Waals surface area (Å²) < 4.78 is 3.80. The van der Waals surface area contributed by atoms with Gasteiger partial charge in [0.1, 0.15) is 0 Å². The van der Waals surface area contributed by atoms with Gasteiger partial charge in [0, 0.05) is 31.8 Å². The minimum atomic E-state index is 0.899. The first kappa shape index (κ1) is 9.84. The smallest absolute Gasteiger partial charge is 0.168 e. The van der Waals surface area contributed by atoms with Crippen molar-refractivity contribution in [2.24, 2.45) is 7.05 Å². The number of pyridine rings is 1. The van der Waals surface area contributed by atoms with Crippen LogP contribution < -0.4 is 0 Å². The van der Waals surface area contributed by atoms with Crippen LogP contribution in [0, 0.1) is 0 Å². The average Bonchev–Trinajstić information content (AvgIpc) is 2.98. The molecule has 4 heteroatoms. The summed E-state index contributed by atoms with van der Waals surface area (Å²) in [5.41, 5.74) is 1.97. The second kappa shape index (κ2) is 3.90. The van der Waals surface area contributed by atoms with Gasteiger partial charge < -0.3 is 4.57 Å². The van der Waals surface area contributed by atoms with Crippen LogP contribution in [0.2, 0.25) is 0 Å². The fourth-order valence-corrected chi connectivity index (χ4v) is 1.85. The maximum atomic E-state index is 4.47. The molecular weight excluding hydrogens is 212 g/mol. The van der Waals surface area contributed by atoms with Gasteiger partial charge in [0.2, 0.25) is 0 Å². The highest BCUT2D eigenvalue weighted by Gasteiger charge is 2.11. The summed E-state index contributed by atoms with van der Waals surface area (Å²) in [7, 11) is 1.92. The minimum Gasteiger partial charge on any atom is -0.307 e. The van der Waals surface area contributed by atoms with Crippen LogP contribution in [0.3, 0.4) is 0 Å². The number of rotatable bonds is 2. The van der Waals surface area contributed by atoms with Gasteiger partial charge in [0.05, 0.1) is 11.3 Å². The zero-order chi connectivity index (χ0) is 11.7. The number of hydrogen-bond acceptors (Lipinski definition) is 2. The third-order valence-electron chi connectivity index (χ3n) is 2.60. The van der Waals surface area contributed by atoms with E-state index in [0.29, 0.717) is 0 Å². The molecule has 0 fully saturated rings. The highest BCUT2D eigenvalue weighted by molar-refractivity contribution is 5.66. The molecule has 0 spiro atoms. The van der Waals surface area contributed by atoms with Crippen LogP contribution in [0.5, 0.6) is 0 Å². The lowest BCUT2D eigenvalue weighted by atomic mass is 10.2. The van der Waals surface area contributed by atoms with Crippen LogP contribution in [0.4, 0.5) is 0 Å². The molecule has 3 aromatic heterocycles. The fraction of sp³-hybridized carbons (Fsp3) is 0.0769. The molecule has 0 aliphatic carbocycles.